The van der Waals surface area contributed by atoms with E-state index in [1.165, 1.54) is 12.1 Å². The molecule has 0 amide bonds. The number of nitro groups is 1. The molecule has 1 fully saturated rings. The van der Waals surface area contributed by atoms with Gasteiger partial charge in [0.15, 0.2) is 0 Å². The maximum absolute atomic E-state index is 11.2. The fourth-order valence-corrected chi connectivity index (χ4v) is 2.29. The van der Waals surface area contributed by atoms with E-state index in [1.54, 1.807) is 11.0 Å². The summed E-state index contributed by atoms with van der Waals surface area (Å²) in [5.74, 6) is -0.664. The van der Waals surface area contributed by atoms with Crippen LogP contribution < -0.4 is 4.90 Å². The normalized spacial score (nSPS) is 18.4. The highest BCUT2D eigenvalue weighted by molar-refractivity contribution is 5.78. The first kappa shape index (κ1) is 13.7. The van der Waals surface area contributed by atoms with Gasteiger partial charge in [0.25, 0.3) is 0 Å². The van der Waals surface area contributed by atoms with Crippen LogP contribution in [0.4, 0.5) is 11.5 Å². The van der Waals surface area contributed by atoms with Gasteiger partial charge in [-0.05, 0) is 25.3 Å². The molecule has 0 spiro atoms. The van der Waals surface area contributed by atoms with E-state index in [1.807, 2.05) is 0 Å². The van der Waals surface area contributed by atoms with Gasteiger partial charge in [-0.3, -0.25) is 10.1 Å². The number of anilines is 1. The van der Waals surface area contributed by atoms with Gasteiger partial charge in [-0.15, -0.1) is 0 Å². The molecule has 8 nitrogen and oxygen atoms in total. The Hall–Kier alpha value is -2.69. The zero-order valence-corrected chi connectivity index (χ0v) is 10.5. The highest BCUT2D eigenvalue weighted by Gasteiger charge is 2.30. The smallest absolute Gasteiger partial charge is 0.326 e. The molecule has 1 atom stereocenters. The second-order valence-corrected chi connectivity index (χ2v) is 4.45. The minimum atomic E-state index is -0.955. The van der Waals surface area contributed by atoms with E-state index in [0.29, 0.717) is 18.8 Å². The van der Waals surface area contributed by atoms with Crippen molar-refractivity contribution in [3.8, 4) is 6.07 Å². The number of carbonyl (C=O) groups is 1. The number of hydrogen-bond acceptors (Lipinski definition) is 6. The van der Waals surface area contributed by atoms with Gasteiger partial charge in [0.05, 0.1) is 4.92 Å². The molecule has 1 aliphatic rings. The molecule has 1 aromatic rings. The first-order valence-electron chi connectivity index (χ1n) is 6.09. The minimum Gasteiger partial charge on any atom is -0.480 e. The zero-order chi connectivity index (χ0) is 14.7. The second kappa shape index (κ2) is 5.52. The standard InChI is InChI=1S/C12H12N4O4/c13-7-8-9(16(19)20)4-5-11(14-8)15-6-2-1-3-10(15)12(17)18/h4-5,10H,1-3,6H2,(H,17,18). The van der Waals surface area contributed by atoms with Crippen LogP contribution >= 0.6 is 0 Å². The predicted molar refractivity (Wildman–Crippen MR) is 68.2 cm³/mol. The van der Waals surface area contributed by atoms with Crippen LogP contribution in [0, 0.1) is 21.4 Å². The maximum atomic E-state index is 11.2. The molecule has 1 saturated heterocycles. The maximum Gasteiger partial charge on any atom is 0.326 e. The van der Waals surface area contributed by atoms with Crippen LogP contribution in [0.3, 0.4) is 0 Å². The number of aliphatic carboxylic acids is 1. The Balaban J connectivity index is 2.39. The first-order valence-corrected chi connectivity index (χ1v) is 6.09. The Kier molecular flexibility index (Phi) is 3.79. The number of carboxylic acids is 1. The average Bonchev–Trinajstić information content (AvgIpc) is 2.46. The lowest BCUT2D eigenvalue weighted by Crippen LogP contribution is -2.45. The molecule has 0 bridgehead atoms. The average molecular weight is 276 g/mol. The van der Waals surface area contributed by atoms with E-state index in [2.05, 4.69) is 4.98 Å². The van der Waals surface area contributed by atoms with Gasteiger partial charge < -0.3 is 10.0 Å². The van der Waals surface area contributed by atoms with Crippen LogP contribution in [0.1, 0.15) is 25.0 Å². The number of pyridine rings is 1. The highest BCUT2D eigenvalue weighted by atomic mass is 16.6. The van der Waals surface area contributed by atoms with Crippen molar-refractivity contribution < 1.29 is 14.8 Å². The summed E-state index contributed by atoms with van der Waals surface area (Å²) in [4.78, 5) is 26.8. The van der Waals surface area contributed by atoms with Crippen molar-refractivity contribution in [3.05, 3.63) is 27.9 Å². The van der Waals surface area contributed by atoms with Crippen molar-refractivity contribution in [2.75, 3.05) is 11.4 Å². The van der Waals surface area contributed by atoms with Crippen LogP contribution in [0.2, 0.25) is 0 Å². The van der Waals surface area contributed by atoms with Gasteiger partial charge in [-0.1, -0.05) is 0 Å². The lowest BCUT2D eigenvalue weighted by atomic mass is 10.0. The molecule has 1 unspecified atom stereocenters. The van der Waals surface area contributed by atoms with Crippen molar-refractivity contribution in [1.82, 2.24) is 4.98 Å². The third-order valence-corrected chi connectivity index (χ3v) is 3.24. The molecule has 104 valence electrons. The number of piperidine rings is 1. The van der Waals surface area contributed by atoms with Crippen LogP contribution in [-0.2, 0) is 4.79 Å². The van der Waals surface area contributed by atoms with Gasteiger partial charge in [0.1, 0.15) is 17.9 Å². The molecule has 1 N–H and O–H groups in total. The molecular weight excluding hydrogens is 264 g/mol. The number of carboxylic acid groups (broad SMARTS) is 1. The van der Waals surface area contributed by atoms with E-state index >= 15 is 0 Å². The van der Waals surface area contributed by atoms with E-state index in [4.69, 9.17) is 5.26 Å². The summed E-state index contributed by atoms with van der Waals surface area (Å²) < 4.78 is 0. The zero-order valence-electron chi connectivity index (χ0n) is 10.5. The summed E-state index contributed by atoms with van der Waals surface area (Å²) in [6, 6.07) is 3.55. The van der Waals surface area contributed by atoms with Crippen molar-refractivity contribution in [2.24, 2.45) is 0 Å². The van der Waals surface area contributed by atoms with Gasteiger partial charge in [0, 0.05) is 12.6 Å². The fraction of sp³-hybridized carbons (Fsp3) is 0.417. The summed E-state index contributed by atoms with van der Waals surface area (Å²) in [6.45, 7) is 0.507. The van der Waals surface area contributed by atoms with Gasteiger partial charge in [-0.25, -0.2) is 9.78 Å². The van der Waals surface area contributed by atoms with E-state index in [0.717, 1.165) is 12.8 Å². The molecule has 0 saturated carbocycles. The summed E-state index contributed by atoms with van der Waals surface area (Å²) >= 11 is 0. The third kappa shape index (κ3) is 2.51. The van der Waals surface area contributed by atoms with Crippen LogP contribution in [0.5, 0.6) is 0 Å². The Morgan fingerprint density at radius 3 is 2.90 bits per heavy atom. The number of aromatic nitrogens is 1. The van der Waals surface area contributed by atoms with Crippen molar-refractivity contribution >= 4 is 17.5 Å². The van der Waals surface area contributed by atoms with Crippen molar-refractivity contribution in [3.63, 3.8) is 0 Å². The van der Waals surface area contributed by atoms with Crippen LogP contribution in [0.25, 0.3) is 0 Å². The molecule has 1 aromatic heterocycles. The SMILES string of the molecule is N#Cc1nc(N2CCCCC2C(=O)O)ccc1[N+](=O)[O-]. The van der Waals surface area contributed by atoms with E-state index in [-0.39, 0.29) is 11.4 Å². The molecule has 2 rings (SSSR count). The van der Waals surface area contributed by atoms with Crippen LogP contribution in [0.15, 0.2) is 12.1 Å². The molecule has 20 heavy (non-hydrogen) atoms. The quantitative estimate of drug-likeness (QED) is 0.652. The summed E-state index contributed by atoms with van der Waals surface area (Å²) in [6.07, 6.45) is 2.13. The Morgan fingerprint density at radius 1 is 1.55 bits per heavy atom. The summed E-state index contributed by atoms with van der Waals surface area (Å²) in [5.41, 5.74) is -0.678. The summed E-state index contributed by atoms with van der Waals surface area (Å²) in [7, 11) is 0. The Labute approximate surface area is 114 Å². The molecular formula is C12H12N4O4. The molecule has 1 aliphatic heterocycles. The Bertz CT molecular complexity index is 596. The number of nitrogens with zero attached hydrogens (tertiary/aromatic N) is 4. The van der Waals surface area contributed by atoms with E-state index in [9.17, 15) is 20.0 Å². The van der Waals surface area contributed by atoms with Crippen LogP contribution in [-0.4, -0.2) is 33.6 Å². The van der Waals surface area contributed by atoms with Gasteiger partial charge in [-0.2, -0.15) is 5.26 Å². The lowest BCUT2D eigenvalue weighted by molar-refractivity contribution is -0.385. The summed E-state index contributed by atoms with van der Waals surface area (Å²) in [5, 5.41) is 28.9. The third-order valence-electron chi connectivity index (χ3n) is 3.24. The molecule has 2 heterocycles. The largest absolute Gasteiger partial charge is 0.480 e. The van der Waals surface area contributed by atoms with Crippen molar-refractivity contribution in [2.45, 2.75) is 25.3 Å². The Morgan fingerprint density at radius 2 is 2.30 bits per heavy atom. The van der Waals surface area contributed by atoms with Gasteiger partial charge in [0.2, 0.25) is 5.69 Å². The minimum absolute atomic E-state index is 0.291. The molecule has 0 radical (unpaired) electrons. The highest BCUT2D eigenvalue weighted by Crippen LogP contribution is 2.26. The molecule has 0 aliphatic carbocycles. The number of hydrogen-bond donors (Lipinski definition) is 1. The first-order chi connectivity index (χ1) is 9.54. The topological polar surface area (TPSA) is 120 Å². The fourth-order valence-electron chi connectivity index (χ4n) is 2.29. The predicted octanol–water partition coefficient (Wildman–Crippen LogP) is 1.30. The van der Waals surface area contributed by atoms with E-state index < -0.39 is 16.9 Å². The monoisotopic (exact) mass is 276 g/mol. The number of nitriles is 1. The lowest BCUT2D eigenvalue weighted by Gasteiger charge is -2.33. The second-order valence-electron chi connectivity index (χ2n) is 4.45. The van der Waals surface area contributed by atoms with Gasteiger partial charge >= 0.3 is 11.7 Å². The molecule has 8 heteroatoms. The molecule has 0 aromatic carbocycles. The van der Waals surface area contributed by atoms with Crippen molar-refractivity contribution in [1.29, 1.82) is 5.26 Å². The number of rotatable bonds is 3.